The van der Waals surface area contributed by atoms with Gasteiger partial charge in [0, 0.05) is 18.0 Å². The second kappa shape index (κ2) is 6.77. The second-order valence-electron chi connectivity index (χ2n) is 4.52. The van der Waals surface area contributed by atoms with E-state index in [1.54, 1.807) is 11.3 Å². The van der Waals surface area contributed by atoms with Crippen molar-refractivity contribution in [2.24, 2.45) is 11.7 Å². The van der Waals surface area contributed by atoms with Crippen LogP contribution in [0.3, 0.4) is 0 Å². The van der Waals surface area contributed by atoms with Crippen molar-refractivity contribution in [2.75, 3.05) is 13.1 Å². The summed E-state index contributed by atoms with van der Waals surface area (Å²) < 4.78 is 0. The predicted molar refractivity (Wildman–Crippen MR) is 73.1 cm³/mol. The highest BCUT2D eigenvalue weighted by atomic mass is 32.1. The summed E-state index contributed by atoms with van der Waals surface area (Å²) in [6.07, 6.45) is 0.919. The Morgan fingerprint density at radius 1 is 1.53 bits per heavy atom. The van der Waals surface area contributed by atoms with Gasteiger partial charge in [-0.15, -0.1) is 11.3 Å². The van der Waals surface area contributed by atoms with Crippen LogP contribution in [0.4, 0.5) is 0 Å². The third-order valence-corrected chi connectivity index (χ3v) is 3.84. The molecule has 1 unspecified atom stereocenters. The van der Waals surface area contributed by atoms with E-state index in [1.807, 2.05) is 31.7 Å². The van der Waals surface area contributed by atoms with Gasteiger partial charge in [0.15, 0.2) is 0 Å². The van der Waals surface area contributed by atoms with Crippen LogP contribution < -0.4 is 5.73 Å². The fraction of sp³-hybridized carbons (Fsp3) is 0.615. The number of amides is 1. The molecular formula is C13H22N2OS. The van der Waals surface area contributed by atoms with Gasteiger partial charge in [-0.1, -0.05) is 19.9 Å². The quantitative estimate of drug-likeness (QED) is 0.845. The van der Waals surface area contributed by atoms with E-state index in [1.165, 1.54) is 4.88 Å². The molecule has 1 rings (SSSR count). The molecule has 0 radical (unpaired) electrons. The Hall–Kier alpha value is -0.870. The van der Waals surface area contributed by atoms with Gasteiger partial charge in [0.05, 0.1) is 6.04 Å². The molecule has 0 aliphatic carbocycles. The highest BCUT2D eigenvalue weighted by Gasteiger charge is 2.22. The zero-order valence-corrected chi connectivity index (χ0v) is 11.7. The molecular weight excluding hydrogens is 232 g/mol. The molecule has 0 aliphatic heterocycles. The molecule has 1 heterocycles. The molecule has 0 spiro atoms. The van der Waals surface area contributed by atoms with Crippen LogP contribution in [-0.4, -0.2) is 29.9 Å². The Morgan fingerprint density at radius 2 is 2.24 bits per heavy atom. The average molecular weight is 254 g/mol. The fourth-order valence-corrected chi connectivity index (χ4v) is 2.32. The molecule has 96 valence electrons. The maximum absolute atomic E-state index is 12.1. The summed E-state index contributed by atoms with van der Waals surface area (Å²) in [4.78, 5) is 15.2. The number of carbonyl (C=O) groups excluding carboxylic acids is 1. The summed E-state index contributed by atoms with van der Waals surface area (Å²) in [7, 11) is 0. The average Bonchev–Trinajstić information content (AvgIpc) is 2.81. The van der Waals surface area contributed by atoms with Crippen LogP contribution in [0.25, 0.3) is 0 Å². The summed E-state index contributed by atoms with van der Waals surface area (Å²) in [5.74, 6) is 0.261. The van der Waals surface area contributed by atoms with E-state index in [0.29, 0.717) is 0 Å². The van der Waals surface area contributed by atoms with Crippen LogP contribution in [0, 0.1) is 5.92 Å². The number of rotatable bonds is 6. The Morgan fingerprint density at radius 3 is 2.71 bits per heavy atom. The normalized spacial score (nSPS) is 12.8. The van der Waals surface area contributed by atoms with Crippen LogP contribution in [0.1, 0.15) is 25.6 Å². The summed E-state index contributed by atoms with van der Waals surface area (Å²) in [6, 6.07) is 3.77. The van der Waals surface area contributed by atoms with Crippen LogP contribution in [0.5, 0.6) is 0 Å². The van der Waals surface area contributed by atoms with Gasteiger partial charge in [-0.05, 0) is 30.7 Å². The highest BCUT2D eigenvalue weighted by Crippen LogP contribution is 2.11. The third kappa shape index (κ3) is 4.13. The topological polar surface area (TPSA) is 46.3 Å². The molecule has 0 bridgehead atoms. The minimum atomic E-state index is -0.377. The molecule has 0 saturated carbocycles. The third-order valence-electron chi connectivity index (χ3n) is 2.91. The van der Waals surface area contributed by atoms with Crippen molar-refractivity contribution in [2.45, 2.75) is 33.2 Å². The van der Waals surface area contributed by atoms with E-state index in [9.17, 15) is 4.79 Å². The van der Waals surface area contributed by atoms with Gasteiger partial charge in [-0.2, -0.15) is 0 Å². The van der Waals surface area contributed by atoms with E-state index < -0.39 is 0 Å². The number of carbonyl (C=O) groups is 1. The van der Waals surface area contributed by atoms with Crippen LogP contribution in [-0.2, 0) is 11.2 Å². The van der Waals surface area contributed by atoms with Gasteiger partial charge in [0.2, 0.25) is 5.91 Å². The molecule has 3 nitrogen and oxygen atoms in total. The van der Waals surface area contributed by atoms with Crippen LogP contribution in [0.15, 0.2) is 17.5 Å². The first-order valence-corrected chi connectivity index (χ1v) is 7.01. The largest absolute Gasteiger partial charge is 0.341 e. The van der Waals surface area contributed by atoms with Crippen molar-refractivity contribution in [1.29, 1.82) is 0 Å². The van der Waals surface area contributed by atoms with Crippen molar-refractivity contribution < 1.29 is 4.79 Å². The Kier molecular flexibility index (Phi) is 5.65. The zero-order valence-electron chi connectivity index (χ0n) is 10.8. The van der Waals surface area contributed by atoms with Gasteiger partial charge < -0.3 is 10.6 Å². The Bertz CT molecular complexity index is 335. The van der Waals surface area contributed by atoms with Crippen LogP contribution >= 0.6 is 11.3 Å². The van der Waals surface area contributed by atoms with E-state index in [0.717, 1.165) is 19.5 Å². The smallest absolute Gasteiger partial charge is 0.239 e. The first-order valence-electron chi connectivity index (χ1n) is 6.13. The van der Waals surface area contributed by atoms with E-state index >= 15 is 0 Å². The number of nitrogens with two attached hydrogens (primary N) is 1. The van der Waals surface area contributed by atoms with Crippen molar-refractivity contribution in [3.8, 4) is 0 Å². The summed E-state index contributed by atoms with van der Waals surface area (Å²) in [6.45, 7) is 7.45. The molecule has 1 atom stereocenters. The maximum Gasteiger partial charge on any atom is 0.239 e. The lowest BCUT2D eigenvalue weighted by atomic mass is 10.0. The molecule has 1 aromatic rings. The molecule has 0 aromatic carbocycles. The lowest BCUT2D eigenvalue weighted by molar-refractivity contribution is -0.133. The predicted octanol–water partition coefficient (Wildman–Crippen LogP) is 2.12. The molecule has 17 heavy (non-hydrogen) atoms. The summed E-state index contributed by atoms with van der Waals surface area (Å²) in [5, 5.41) is 2.06. The summed E-state index contributed by atoms with van der Waals surface area (Å²) >= 11 is 1.73. The first kappa shape index (κ1) is 14.2. The standard InChI is InChI=1S/C13H22N2OS/c1-4-15(13(16)12(14)10(2)3)8-7-11-6-5-9-17-11/h5-6,9-10,12H,4,7-8,14H2,1-3H3. The number of thiophene rings is 1. The monoisotopic (exact) mass is 254 g/mol. The Labute approximate surface area is 108 Å². The van der Waals surface area contributed by atoms with Crippen molar-refractivity contribution in [3.63, 3.8) is 0 Å². The minimum absolute atomic E-state index is 0.0686. The Balaban J connectivity index is 2.50. The molecule has 1 amide bonds. The number of hydrogen-bond donors (Lipinski definition) is 1. The van der Waals surface area contributed by atoms with E-state index in [2.05, 4.69) is 11.4 Å². The van der Waals surface area contributed by atoms with Gasteiger partial charge in [0.25, 0.3) is 0 Å². The van der Waals surface area contributed by atoms with E-state index in [4.69, 9.17) is 5.73 Å². The first-order chi connectivity index (χ1) is 8.06. The van der Waals surface area contributed by atoms with Crippen LogP contribution in [0.2, 0.25) is 0 Å². The zero-order chi connectivity index (χ0) is 12.8. The number of likely N-dealkylation sites (N-methyl/N-ethyl adjacent to an activating group) is 1. The van der Waals surface area contributed by atoms with Crippen molar-refractivity contribution in [1.82, 2.24) is 4.90 Å². The second-order valence-corrected chi connectivity index (χ2v) is 5.55. The SMILES string of the molecule is CCN(CCc1cccs1)C(=O)C(N)C(C)C. The number of nitrogens with zero attached hydrogens (tertiary/aromatic N) is 1. The van der Waals surface area contributed by atoms with Gasteiger partial charge in [-0.25, -0.2) is 0 Å². The van der Waals surface area contributed by atoms with E-state index in [-0.39, 0.29) is 17.9 Å². The molecule has 0 aliphatic rings. The maximum atomic E-state index is 12.1. The number of hydrogen-bond acceptors (Lipinski definition) is 3. The molecule has 0 fully saturated rings. The lowest BCUT2D eigenvalue weighted by Crippen LogP contribution is -2.47. The molecule has 0 saturated heterocycles. The van der Waals surface area contributed by atoms with Gasteiger partial charge >= 0.3 is 0 Å². The van der Waals surface area contributed by atoms with Gasteiger partial charge in [-0.3, -0.25) is 4.79 Å². The minimum Gasteiger partial charge on any atom is -0.341 e. The van der Waals surface area contributed by atoms with Gasteiger partial charge in [0.1, 0.15) is 0 Å². The van der Waals surface area contributed by atoms with Crippen molar-refractivity contribution >= 4 is 17.2 Å². The lowest BCUT2D eigenvalue weighted by Gasteiger charge is -2.25. The van der Waals surface area contributed by atoms with Crippen molar-refractivity contribution in [3.05, 3.63) is 22.4 Å². The molecule has 2 N–H and O–H groups in total. The molecule has 4 heteroatoms. The highest BCUT2D eigenvalue weighted by molar-refractivity contribution is 7.09. The fourth-order valence-electron chi connectivity index (χ4n) is 1.62. The molecule has 1 aromatic heterocycles. The summed E-state index contributed by atoms with van der Waals surface area (Å²) in [5.41, 5.74) is 5.90.